The zero-order valence-corrected chi connectivity index (χ0v) is 13.9. The predicted octanol–water partition coefficient (Wildman–Crippen LogP) is 4.31. The van der Waals surface area contributed by atoms with E-state index in [0.29, 0.717) is 0 Å². The molecule has 19 heavy (non-hydrogen) atoms. The minimum absolute atomic E-state index is 0.122. The summed E-state index contributed by atoms with van der Waals surface area (Å²) in [6, 6.07) is 4.36. The first-order chi connectivity index (χ1) is 8.88. The SMILES string of the molecule is CC(C)(C)c1cc(N)c(CN2CCCCC2)cc1Br. The summed E-state index contributed by atoms with van der Waals surface area (Å²) in [6.45, 7) is 10.1. The minimum Gasteiger partial charge on any atom is -0.398 e. The van der Waals surface area contributed by atoms with Crippen LogP contribution in [0.25, 0.3) is 0 Å². The average molecular weight is 325 g/mol. The largest absolute Gasteiger partial charge is 0.398 e. The van der Waals surface area contributed by atoms with Crippen LogP contribution in [-0.4, -0.2) is 18.0 Å². The van der Waals surface area contributed by atoms with Gasteiger partial charge >= 0.3 is 0 Å². The highest BCUT2D eigenvalue weighted by Gasteiger charge is 2.20. The molecular weight excluding hydrogens is 300 g/mol. The summed E-state index contributed by atoms with van der Waals surface area (Å²) in [5.74, 6) is 0. The topological polar surface area (TPSA) is 29.3 Å². The van der Waals surface area contributed by atoms with Crippen LogP contribution in [0.2, 0.25) is 0 Å². The zero-order chi connectivity index (χ0) is 14.0. The molecule has 0 saturated carbocycles. The molecule has 1 saturated heterocycles. The monoisotopic (exact) mass is 324 g/mol. The van der Waals surface area contributed by atoms with Gasteiger partial charge in [0.05, 0.1) is 0 Å². The van der Waals surface area contributed by atoms with Crippen LogP contribution in [0.15, 0.2) is 16.6 Å². The third-order valence-electron chi connectivity index (χ3n) is 3.88. The smallest absolute Gasteiger partial charge is 0.0363 e. The van der Waals surface area contributed by atoms with E-state index in [1.165, 1.54) is 48.0 Å². The lowest BCUT2D eigenvalue weighted by Gasteiger charge is -2.28. The second kappa shape index (κ2) is 5.84. The number of piperidine rings is 1. The first-order valence-electron chi connectivity index (χ1n) is 7.18. The molecule has 1 heterocycles. The Bertz CT molecular complexity index is 443. The number of rotatable bonds is 2. The Kier molecular flexibility index (Phi) is 4.57. The van der Waals surface area contributed by atoms with E-state index in [4.69, 9.17) is 5.73 Å². The van der Waals surface area contributed by atoms with Gasteiger partial charge in [-0.1, -0.05) is 43.1 Å². The number of hydrogen-bond acceptors (Lipinski definition) is 2. The Morgan fingerprint density at radius 1 is 1.16 bits per heavy atom. The average Bonchev–Trinajstić information content (AvgIpc) is 2.33. The van der Waals surface area contributed by atoms with Crippen LogP contribution in [-0.2, 0) is 12.0 Å². The molecule has 2 rings (SSSR count). The number of halogens is 1. The molecule has 0 atom stereocenters. The summed E-state index contributed by atoms with van der Waals surface area (Å²) in [6.07, 6.45) is 4.01. The van der Waals surface area contributed by atoms with Crippen molar-refractivity contribution in [1.82, 2.24) is 4.90 Å². The third-order valence-corrected chi connectivity index (χ3v) is 4.54. The second-order valence-electron chi connectivity index (χ2n) is 6.62. The molecule has 0 aromatic heterocycles. The third kappa shape index (κ3) is 3.73. The van der Waals surface area contributed by atoms with Crippen molar-refractivity contribution >= 4 is 21.6 Å². The Morgan fingerprint density at radius 2 is 1.79 bits per heavy atom. The molecule has 2 N–H and O–H groups in total. The first-order valence-corrected chi connectivity index (χ1v) is 7.98. The lowest BCUT2D eigenvalue weighted by molar-refractivity contribution is 0.221. The van der Waals surface area contributed by atoms with Gasteiger partial charge in [-0.25, -0.2) is 0 Å². The van der Waals surface area contributed by atoms with Gasteiger partial charge in [0.2, 0.25) is 0 Å². The van der Waals surface area contributed by atoms with Crippen molar-refractivity contribution in [1.29, 1.82) is 0 Å². The normalized spacial score (nSPS) is 17.7. The summed E-state index contributed by atoms with van der Waals surface area (Å²) in [7, 11) is 0. The number of nitrogens with zero attached hydrogens (tertiary/aromatic N) is 1. The van der Waals surface area contributed by atoms with Crippen molar-refractivity contribution in [3.8, 4) is 0 Å². The molecule has 2 nitrogen and oxygen atoms in total. The molecule has 1 aliphatic heterocycles. The molecule has 1 aromatic carbocycles. The van der Waals surface area contributed by atoms with Gasteiger partial charge in [0.15, 0.2) is 0 Å². The van der Waals surface area contributed by atoms with Crippen LogP contribution in [0.4, 0.5) is 5.69 Å². The van der Waals surface area contributed by atoms with E-state index in [9.17, 15) is 0 Å². The molecule has 106 valence electrons. The molecule has 0 unspecified atom stereocenters. The highest BCUT2D eigenvalue weighted by atomic mass is 79.9. The molecule has 0 radical (unpaired) electrons. The molecule has 1 fully saturated rings. The molecule has 1 aromatic rings. The summed E-state index contributed by atoms with van der Waals surface area (Å²) >= 11 is 3.71. The van der Waals surface area contributed by atoms with E-state index in [-0.39, 0.29) is 5.41 Å². The van der Waals surface area contributed by atoms with Gasteiger partial charge in [0, 0.05) is 16.7 Å². The Labute approximate surface area is 125 Å². The molecule has 1 aliphatic rings. The Hall–Kier alpha value is -0.540. The first kappa shape index (κ1) is 14.9. The van der Waals surface area contributed by atoms with E-state index < -0.39 is 0 Å². The quantitative estimate of drug-likeness (QED) is 0.821. The van der Waals surface area contributed by atoms with Gasteiger partial charge in [-0.05, 0) is 54.6 Å². The fraction of sp³-hybridized carbons (Fsp3) is 0.625. The summed E-state index contributed by atoms with van der Waals surface area (Å²) in [5, 5.41) is 0. The number of nitrogens with two attached hydrogens (primary N) is 1. The van der Waals surface area contributed by atoms with Crippen molar-refractivity contribution < 1.29 is 0 Å². The van der Waals surface area contributed by atoms with Crippen molar-refractivity contribution in [2.24, 2.45) is 0 Å². The second-order valence-corrected chi connectivity index (χ2v) is 7.47. The zero-order valence-electron chi connectivity index (χ0n) is 12.3. The number of hydrogen-bond donors (Lipinski definition) is 1. The molecule has 0 aliphatic carbocycles. The highest BCUT2D eigenvalue weighted by Crippen LogP contribution is 2.33. The molecular formula is C16H25BrN2. The fourth-order valence-electron chi connectivity index (χ4n) is 2.70. The Morgan fingerprint density at radius 3 is 2.37 bits per heavy atom. The van der Waals surface area contributed by atoms with Gasteiger partial charge in [0.1, 0.15) is 0 Å². The minimum atomic E-state index is 0.122. The molecule has 0 amide bonds. The maximum absolute atomic E-state index is 6.26. The molecule has 3 heteroatoms. The number of nitrogen functional groups attached to an aromatic ring is 1. The fourth-order valence-corrected chi connectivity index (χ4v) is 3.69. The summed E-state index contributed by atoms with van der Waals surface area (Å²) < 4.78 is 1.18. The van der Waals surface area contributed by atoms with Crippen LogP contribution < -0.4 is 5.73 Å². The highest BCUT2D eigenvalue weighted by molar-refractivity contribution is 9.10. The lowest BCUT2D eigenvalue weighted by atomic mass is 9.86. The Balaban J connectivity index is 2.20. The predicted molar refractivity (Wildman–Crippen MR) is 86.4 cm³/mol. The van der Waals surface area contributed by atoms with Crippen LogP contribution in [0.1, 0.15) is 51.2 Å². The van der Waals surface area contributed by atoms with Gasteiger partial charge in [-0.15, -0.1) is 0 Å². The van der Waals surface area contributed by atoms with Crippen molar-refractivity contribution in [3.05, 3.63) is 27.7 Å². The van der Waals surface area contributed by atoms with Crippen LogP contribution in [0.5, 0.6) is 0 Å². The van der Waals surface area contributed by atoms with E-state index >= 15 is 0 Å². The van der Waals surface area contributed by atoms with E-state index in [1.807, 2.05) is 0 Å². The standard InChI is InChI=1S/C16H25BrN2/c1-16(2,3)13-10-15(18)12(9-14(13)17)11-19-7-5-4-6-8-19/h9-10H,4-8,11,18H2,1-3H3. The van der Waals surface area contributed by atoms with Crippen LogP contribution in [0.3, 0.4) is 0 Å². The van der Waals surface area contributed by atoms with Crippen molar-refractivity contribution in [3.63, 3.8) is 0 Å². The van der Waals surface area contributed by atoms with Gasteiger partial charge in [-0.3, -0.25) is 4.90 Å². The summed E-state index contributed by atoms with van der Waals surface area (Å²) in [5.41, 5.74) is 9.84. The van der Waals surface area contributed by atoms with Crippen molar-refractivity contribution in [2.75, 3.05) is 18.8 Å². The molecule has 0 bridgehead atoms. The van der Waals surface area contributed by atoms with Crippen molar-refractivity contribution in [2.45, 2.75) is 52.0 Å². The summed E-state index contributed by atoms with van der Waals surface area (Å²) in [4.78, 5) is 2.51. The maximum atomic E-state index is 6.26. The van der Waals surface area contributed by atoms with Gasteiger partial charge in [0.25, 0.3) is 0 Å². The van der Waals surface area contributed by atoms with Gasteiger partial charge < -0.3 is 5.73 Å². The number of likely N-dealkylation sites (tertiary alicyclic amines) is 1. The maximum Gasteiger partial charge on any atom is 0.0363 e. The molecule has 0 spiro atoms. The van der Waals surface area contributed by atoms with E-state index in [0.717, 1.165) is 12.2 Å². The number of benzene rings is 1. The van der Waals surface area contributed by atoms with E-state index in [2.05, 4.69) is 53.7 Å². The number of anilines is 1. The van der Waals surface area contributed by atoms with Crippen LogP contribution >= 0.6 is 15.9 Å². The lowest BCUT2D eigenvalue weighted by Crippen LogP contribution is -2.29. The van der Waals surface area contributed by atoms with E-state index in [1.54, 1.807) is 0 Å². The van der Waals surface area contributed by atoms with Gasteiger partial charge in [-0.2, -0.15) is 0 Å². The van der Waals surface area contributed by atoms with Crippen LogP contribution in [0, 0.1) is 0 Å².